The van der Waals surface area contributed by atoms with Gasteiger partial charge in [0.05, 0.1) is 6.54 Å². The van der Waals surface area contributed by atoms with Crippen LogP contribution in [0.1, 0.15) is 21.7 Å². The van der Waals surface area contributed by atoms with Crippen molar-refractivity contribution in [2.45, 2.75) is 13.5 Å². The quantitative estimate of drug-likeness (QED) is 0.926. The highest BCUT2D eigenvalue weighted by Gasteiger charge is 2.13. The molecule has 4 nitrogen and oxygen atoms in total. The summed E-state index contributed by atoms with van der Waals surface area (Å²) < 4.78 is 0. The largest absolute Gasteiger partial charge is 0.347 e. The molecule has 0 fully saturated rings. The monoisotopic (exact) mass is 263 g/mol. The third-order valence-electron chi connectivity index (χ3n) is 2.58. The Morgan fingerprint density at radius 1 is 1.44 bits per heavy atom. The van der Waals surface area contributed by atoms with Crippen LogP contribution in [0.15, 0.2) is 30.6 Å². The molecular weight excluding hydrogens is 250 g/mol. The van der Waals surface area contributed by atoms with Gasteiger partial charge in [-0.15, -0.1) is 0 Å². The normalized spacial score (nSPS) is 10.4. The van der Waals surface area contributed by atoms with Crippen molar-refractivity contribution < 1.29 is 4.79 Å². The Morgan fingerprint density at radius 3 is 2.83 bits per heavy atom. The molecule has 0 radical (unpaired) electrons. The Bertz CT molecular complexity index is 531. The summed E-state index contributed by atoms with van der Waals surface area (Å²) in [5.41, 5.74) is 1.56. The lowest BCUT2D eigenvalue weighted by molar-refractivity contribution is 0.0782. The fraction of sp³-hybridized carbons (Fsp3) is 0.231. The highest BCUT2D eigenvalue weighted by molar-refractivity contribution is 6.31. The van der Waals surface area contributed by atoms with Crippen LogP contribution in [0.25, 0.3) is 0 Å². The summed E-state index contributed by atoms with van der Waals surface area (Å²) in [5.74, 6) is 0.682. The second-order valence-electron chi connectivity index (χ2n) is 4.21. The molecule has 94 valence electrons. The fourth-order valence-corrected chi connectivity index (χ4v) is 2.05. The molecule has 0 saturated heterocycles. The number of carbonyl (C=O) groups is 1. The minimum atomic E-state index is -0.0722. The van der Waals surface area contributed by atoms with Crippen LogP contribution in [0.4, 0.5) is 0 Å². The van der Waals surface area contributed by atoms with E-state index in [1.165, 1.54) is 0 Å². The minimum Gasteiger partial charge on any atom is -0.347 e. The van der Waals surface area contributed by atoms with E-state index >= 15 is 0 Å². The second-order valence-corrected chi connectivity index (χ2v) is 4.65. The average Bonchev–Trinajstić information content (AvgIpc) is 2.79. The standard InChI is InChI=1S/C13H14ClN3O/c1-9-5-10(7-11(14)6-9)13(18)17(2)8-12-15-3-4-16-12/h3-7H,8H2,1-2H3,(H,15,16). The Hall–Kier alpha value is -1.81. The van der Waals surface area contributed by atoms with Crippen molar-refractivity contribution >= 4 is 17.5 Å². The van der Waals surface area contributed by atoms with Gasteiger partial charge in [-0.3, -0.25) is 4.79 Å². The average molecular weight is 264 g/mol. The van der Waals surface area contributed by atoms with Crippen molar-refractivity contribution in [1.82, 2.24) is 14.9 Å². The number of imidazole rings is 1. The summed E-state index contributed by atoms with van der Waals surface area (Å²) in [6.45, 7) is 2.35. The number of halogens is 1. The summed E-state index contributed by atoms with van der Waals surface area (Å²) in [6, 6.07) is 5.33. The van der Waals surface area contributed by atoms with E-state index in [-0.39, 0.29) is 5.91 Å². The maximum atomic E-state index is 12.2. The molecule has 0 spiro atoms. The van der Waals surface area contributed by atoms with Crippen LogP contribution in [0.3, 0.4) is 0 Å². The Morgan fingerprint density at radius 2 is 2.22 bits per heavy atom. The molecule has 1 aromatic heterocycles. The lowest BCUT2D eigenvalue weighted by atomic mass is 10.1. The van der Waals surface area contributed by atoms with Gasteiger partial charge in [-0.1, -0.05) is 11.6 Å². The molecule has 0 saturated carbocycles. The van der Waals surface area contributed by atoms with E-state index in [1.807, 2.05) is 19.1 Å². The summed E-state index contributed by atoms with van der Waals surface area (Å²) in [7, 11) is 1.74. The van der Waals surface area contributed by atoms with E-state index < -0.39 is 0 Å². The number of carbonyl (C=O) groups excluding carboxylic acids is 1. The zero-order valence-electron chi connectivity index (χ0n) is 10.3. The van der Waals surface area contributed by atoms with E-state index in [1.54, 1.807) is 30.4 Å². The first-order valence-corrected chi connectivity index (χ1v) is 5.95. The number of nitrogens with zero attached hydrogens (tertiary/aromatic N) is 2. The summed E-state index contributed by atoms with van der Waals surface area (Å²) in [4.78, 5) is 20.9. The molecule has 0 aliphatic heterocycles. The van der Waals surface area contributed by atoms with Crippen LogP contribution in [0.2, 0.25) is 5.02 Å². The van der Waals surface area contributed by atoms with E-state index in [0.717, 1.165) is 11.4 Å². The summed E-state index contributed by atoms with van der Waals surface area (Å²) >= 11 is 5.95. The van der Waals surface area contributed by atoms with E-state index in [9.17, 15) is 4.79 Å². The number of benzene rings is 1. The second kappa shape index (κ2) is 5.23. The van der Waals surface area contributed by atoms with Crippen molar-refractivity contribution in [2.24, 2.45) is 0 Å². The minimum absolute atomic E-state index is 0.0722. The van der Waals surface area contributed by atoms with Crippen LogP contribution >= 0.6 is 11.6 Å². The number of nitrogens with one attached hydrogen (secondary N) is 1. The van der Waals surface area contributed by atoms with Crippen molar-refractivity contribution in [2.75, 3.05) is 7.05 Å². The predicted octanol–water partition coefficient (Wildman–Crippen LogP) is 2.64. The first kappa shape index (κ1) is 12.6. The Labute approximate surface area is 111 Å². The number of H-pyrrole nitrogens is 1. The third-order valence-corrected chi connectivity index (χ3v) is 2.80. The van der Waals surface area contributed by atoms with Gasteiger partial charge in [0.1, 0.15) is 5.82 Å². The Balaban J connectivity index is 2.15. The van der Waals surface area contributed by atoms with Crippen LogP contribution in [-0.2, 0) is 6.54 Å². The number of amides is 1. The molecule has 2 aromatic rings. The van der Waals surface area contributed by atoms with Crippen molar-refractivity contribution in [3.05, 3.63) is 52.6 Å². The van der Waals surface area contributed by atoms with Gasteiger partial charge in [-0.25, -0.2) is 4.98 Å². The van der Waals surface area contributed by atoms with Crippen molar-refractivity contribution in [3.8, 4) is 0 Å². The van der Waals surface area contributed by atoms with E-state index in [4.69, 9.17) is 11.6 Å². The molecule has 0 unspecified atom stereocenters. The van der Waals surface area contributed by atoms with Gasteiger partial charge < -0.3 is 9.88 Å². The first-order chi connectivity index (χ1) is 8.56. The zero-order chi connectivity index (χ0) is 13.1. The fourth-order valence-electron chi connectivity index (χ4n) is 1.76. The number of hydrogen-bond acceptors (Lipinski definition) is 2. The third kappa shape index (κ3) is 2.90. The molecule has 5 heteroatoms. The van der Waals surface area contributed by atoms with Crippen molar-refractivity contribution in [3.63, 3.8) is 0 Å². The van der Waals surface area contributed by atoms with Crippen LogP contribution in [-0.4, -0.2) is 27.8 Å². The van der Waals surface area contributed by atoms with Crippen LogP contribution in [0.5, 0.6) is 0 Å². The van der Waals surface area contributed by atoms with Gasteiger partial charge >= 0.3 is 0 Å². The molecule has 2 rings (SSSR count). The molecule has 18 heavy (non-hydrogen) atoms. The highest BCUT2D eigenvalue weighted by Crippen LogP contribution is 2.16. The van der Waals surface area contributed by atoms with Gasteiger partial charge in [0, 0.05) is 30.0 Å². The smallest absolute Gasteiger partial charge is 0.254 e. The van der Waals surface area contributed by atoms with Gasteiger partial charge in [0.15, 0.2) is 0 Å². The number of aromatic nitrogens is 2. The maximum absolute atomic E-state index is 12.2. The summed E-state index contributed by atoms with van der Waals surface area (Å²) in [6.07, 6.45) is 3.40. The van der Waals surface area contributed by atoms with E-state index in [0.29, 0.717) is 17.1 Å². The number of aromatic amines is 1. The van der Waals surface area contributed by atoms with Crippen LogP contribution < -0.4 is 0 Å². The number of hydrogen-bond donors (Lipinski definition) is 1. The topological polar surface area (TPSA) is 49.0 Å². The molecule has 0 bridgehead atoms. The summed E-state index contributed by atoms with van der Waals surface area (Å²) in [5, 5.41) is 0.574. The Kier molecular flexibility index (Phi) is 3.67. The van der Waals surface area contributed by atoms with Gasteiger partial charge in [-0.05, 0) is 30.7 Å². The first-order valence-electron chi connectivity index (χ1n) is 5.57. The van der Waals surface area contributed by atoms with Gasteiger partial charge in [0.25, 0.3) is 5.91 Å². The molecule has 0 aliphatic carbocycles. The predicted molar refractivity (Wildman–Crippen MR) is 70.6 cm³/mol. The lowest BCUT2D eigenvalue weighted by Crippen LogP contribution is -2.26. The molecule has 0 atom stereocenters. The molecule has 1 N–H and O–H groups in total. The van der Waals surface area contributed by atoms with Crippen LogP contribution in [0, 0.1) is 6.92 Å². The SMILES string of the molecule is Cc1cc(Cl)cc(C(=O)N(C)Cc2ncc[nH]2)c1. The maximum Gasteiger partial charge on any atom is 0.254 e. The van der Waals surface area contributed by atoms with E-state index in [2.05, 4.69) is 9.97 Å². The number of aryl methyl sites for hydroxylation is 1. The highest BCUT2D eigenvalue weighted by atomic mass is 35.5. The van der Waals surface area contributed by atoms with Gasteiger partial charge in [-0.2, -0.15) is 0 Å². The number of rotatable bonds is 3. The lowest BCUT2D eigenvalue weighted by Gasteiger charge is -2.16. The molecular formula is C13H14ClN3O. The zero-order valence-corrected chi connectivity index (χ0v) is 11.0. The molecule has 1 amide bonds. The van der Waals surface area contributed by atoms with Gasteiger partial charge in [0.2, 0.25) is 0 Å². The van der Waals surface area contributed by atoms with Crippen molar-refractivity contribution in [1.29, 1.82) is 0 Å². The molecule has 1 heterocycles. The molecule has 0 aliphatic rings. The molecule has 1 aromatic carbocycles.